The van der Waals surface area contributed by atoms with Crippen molar-refractivity contribution < 1.29 is 4.74 Å². The van der Waals surface area contributed by atoms with Gasteiger partial charge in [-0.15, -0.1) is 0 Å². The van der Waals surface area contributed by atoms with Crippen LogP contribution in [0, 0.1) is 0 Å². The van der Waals surface area contributed by atoms with E-state index >= 15 is 0 Å². The number of aromatic amines is 1. The molecule has 0 fully saturated rings. The summed E-state index contributed by atoms with van der Waals surface area (Å²) >= 11 is 5.99. The second-order valence-corrected chi connectivity index (χ2v) is 4.47. The molecule has 0 amide bonds. The van der Waals surface area contributed by atoms with Gasteiger partial charge in [-0.1, -0.05) is 11.6 Å². The van der Waals surface area contributed by atoms with Crippen molar-refractivity contribution in [2.24, 2.45) is 0 Å². The fourth-order valence-electron chi connectivity index (χ4n) is 1.97. The molecule has 2 N–H and O–H groups in total. The van der Waals surface area contributed by atoms with E-state index in [1.807, 2.05) is 30.6 Å². The van der Waals surface area contributed by atoms with Crippen LogP contribution < -0.4 is 10.1 Å². The third-order valence-corrected chi connectivity index (χ3v) is 3.10. The van der Waals surface area contributed by atoms with Gasteiger partial charge in [0.05, 0.1) is 12.2 Å². The standard InChI is InChI=1S/C12H12ClN3O/c13-9-1-2-12-10(3-9)11(7-17-12)14-4-8-5-15-16-6-8/h1-3,5-6,11,14H,4,7H2,(H,15,16). The van der Waals surface area contributed by atoms with Crippen LogP contribution in [-0.4, -0.2) is 16.8 Å². The van der Waals surface area contributed by atoms with E-state index < -0.39 is 0 Å². The lowest BCUT2D eigenvalue weighted by Crippen LogP contribution is -2.21. The number of H-pyrrole nitrogens is 1. The summed E-state index contributed by atoms with van der Waals surface area (Å²) in [5, 5.41) is 10.9. The summed E-state index contributed by atoms with van der Waals surface area (Å²) in [4.78, 5) is 0. The molecule has 3 rings (SSSR count). The molecule has 0 bridgehead atoms. The van der Waals surface area contributed by atoms with Crippen molar-refractivity contribution in [3.63, 3.8) is 0 Å². The van der Waals surface area contributed by atoms with Crippen molar-refractivity contribution in [1.29, 1.82) is 0 Å². The van der Waals surface area contributed by atoms with Crippen molar-refractivity contribution in [2.75, 3.05) is 6.61 Å². The molecule has 1 aromatic carbocycles. The second kappa shape index (κ2) is 4.39. The van der Waals surface area contributed by atoms with E-state index in [9.17, 15) is 0 Å². The number of hydrogen-bond donors (Lipinski definition) is 2. The van der Waals surface area contributed by atoms with Gasteiger partial charge in [-0.3, -0.25) is 5.10 Å². The van der Waals surface area contributed by atoms with Crippen LogP contribution in [0.2, 0.25) is 5.02 Å². The van der Waals surface area contributed by atoms with E-state index in [-0.39, 0.29) is 6.04 Å². The maximum Gasteiger partial charge on any atom is 0.124 e. The van der Waals surface area contributed by atoms with Crippen LogP contribution in [0.5, 0.6) is 5.75 Å². The predicted molar refractivity (Wildman–Crippen MR) is 65.1 cm³/mol. The van der Waals surface area contributed by atoms with Gasteiger partial charge in [-0.05, 0) is 18.2 Å². The molecule has 0 aliphatic carbocycles. The molecule has 1 atom stereocenters. The number of nitrogens with zero attached hydrogens (tertiary/aromatic N) is 1. The first-order valence-corrected chi connectivity index (χ1v) is 5.84. The second-order valence-electron chi connectivity index (χ2n) is 4.03. The average Bonchev–Trinajstić information content (AvgIpc) is 2.94. The smallest absolute Gasteiger partial charge is 0.124 e. The number of ether oxygens (including phenoxy) is 1. The predicted octanol–water partition coefficient (Wildman–Crippen LogP) is 2.29. The molecule has 0 radical (unpaired) electrons. The summed E-state index contributed by atoms with van der Waals surface area (Å²) in [5.41, 5.74) is 2.25. The van der Waals surface area contributed by atoms with E-state index in [2.05, 4.69) is 15.5 Å². The normalized spacial score (nSPS) is 17.8. The molecule has 0 saturated heterocycles. The zero-order chi connectivity index (χ0) is 11.7. The van der Waals surface area contributed by atoms with E-state index in [0.29, 0.717) is 6.61 Å². The zero-order valence-electron chi connectivity index (χ0n) is 9.11. The Labute approximate surface area is 104 Å². The number of rotatable bonds is 3. The van der Waals surface area contributed by atoms with E-state index in [1.165, 1.54) is 0 Å². The summed E-state index contributed by atoms with van der Waals surface area (Å²) in [6.07, 6.45) is 3.68. The Bertz CT molecular complexity index is 512. The summed E-state index contributed by atoms with van der Waals surface area (Å²) in [7, 11) is 0. The number of hydrogen-bond acceptors (Lipinski definition) is 3. The SMILES string of the molecule is Clc1ccc2c(c1)C(NCc1cn[nH]c1)CO2. The molecule has 2 heterocycles. The lowest BCUT2D eigenvalue weighted by molar-refractivity contribution is 0.310. The van der Waals surface area contributed by atoms with E-state index in [0.717, 1.165) is 28.4 Å². The zero-order valence-corrected chi connectivity index (χ0v) is 9.87. The molecule has 0 spiro atoms. The topological polar surface area (TPSA) is 49.9 Å². The molecule has 1 unspecified atom stereocenters. The van der Waals surface area contributed by atoms with Crippen LogP contribution in [0.4, 0.5) is 0 Å². The van der Waals surface area contributed by atoms with Crippen LogP contribution in [0.3, 0.4) is 0 Å². The molecule has 5 heteroatoms. The van der Waals surface area contributed by atoms with E-state index in [4.69, 9.17) is 16.3 Å². The number of aromatic nitrogens is 2. The van der Waals surface area contributed by atoms with Gasteiger partial charge >= 0.3 is 0 Å². The molecule has 1 aliphatic heterocycles. The van der Waals surface area contributed by atoms with Gasteiger partial charge in [0.15, 0.2) is 0 Å². The molecule has 4 nitrogen and oxygen atoms in total. The highest BCUT2D eigenvalue weighted by atomic mass is 35.5. The summed E-state index contributed by atoms with van der Waals surface area (Å²) < 4.78 is 5.59. The number of nitrogens with one attached hydrogen (secondary N) is 2. The number of benzene rings is 1. The minimum Gasteiger partial charge on any atom is -0.491 e. The molecule has 0 saturated carbocycles. The fraction of sp³-hybridized carbons (Fsp3) is 0.250. The van der Waals surface area contributed by atoms with Crippen LogP contribution >= 0.6 is 11.6 Å². The fourth-order valence-corrected chi connectivity index (χ4v) is 2.15. The van der Waals surface area contributed by atoms with Gasteiger partial charge in [0.2, 0.25) is 0 Å². The molecule has 1 aliphatic rings. The molecule has 1 aromatic heterocycles. The molecular weight excluding hydrogens is 238 g/mol. The highest BCUT2D eigenvalue weighted by molar-refractivity contribution is 6.30. The van der Waals surface area contributed by atoms with Crippen molar-refractivity contribution in [2.45, 2.75) is 12.6 Å². The Hall–Kier alpha value is -1.52. The first-order valence-electron chi connectivity index (χ1n) is 5.46. The van der Waals surface area contributed by atoms with Crippen molar-refractivity contribution in [1.82, 2.24) is 15.5 Å². The van der Waals surface area contributed by atoms with Gasteiger partial charge < -0.3 is 10.1 Å². The van der Waals surface area contributed by atoms with Crippen LogP contribution in [-0.2, 0) is 6.54 Å². The minimum absolute atomic E-state index is 0.193. The first kappa shape index (κ1) is 10.6. The quantitative estimate of drug-likeness (QED) is 0.878. The highest BCUT2D eigenvalue weighted by Gasteiger charge is 2.23. The van der Waals surface area contributed by atoms with Gasteiger partial charge in [-0.25, -0.2) is 0 Å². The Morgan fingerprint density at radius 1 is 1.53 bits per heavy atom. The monoisotopic (exact) mass is 249 g/mol. The van der Waals surface area contributed by atoms with E-state index in [1.54, 1.807) is 0 Å². The Morgan fingerprint density at radius 2 is 2.47 bits per heavy atom. The summed E-state index contributed by atoms with van der Waals surface area (Å²) in [6.45, 7) is 1.41. The third-order valence-electron chi connectivity index (χ3n) is 2.86. The van der Waals surface area contributed by atoms with Crippen molar-refractivity contribution in [3.8, 4) is 5.75 Å². The van der Waals surface area contributed by atoms with Crippen molar-refractivity contribution >= 4 is 11.6 Å². The first-order chi connectivity index (χ1) is 8.33. The summed E-state index contributed by atoms with van der Waals surface area (Å²) in [5.74, 6) is 0.916. The van der Waals surface area contributed by atoms with Crippen LogP contribution in [0.1, 0.15) is 17.2 Å². The number of fused-ring (bicyclic) bond motifs is 1. The molecule has 17 heavy (non-hydrogen) atoms. The maximum absolute atomic E-state index is 5.99. The summed E-state index contributed by atoms with van der Waals surface area (Å²) in [6, 6.07) is 5.91. The number of halogens is 1. The molecule has 2 aromatic rings. The largest absolute Gasteiger partial charge is 0.491 e. The average molecular weight is 250 g/mol. The Kier molecular flexibility index (Phi) is 2.74. The van der Waals surface area contributed by atoms with Gasteiger partial charge in [-0.2, -0.15) is 5.10 Å². The van der Waals surface area contributed by atoms with Gasteiger partial charge in [0, 0.05) is 28.9 Å². The Balaban J connectivity index is 1.73. The Morgan fingerprint density at radius 3 is 3.29 bits per heavy atom. The minimum atomic E-state index is 0.193. The lowest BCUT2D eigenvalue weighted by atomic mass is 10.1. The highest BCUT2D eigenvalue weighted by Crippen LogP contribution is 2.34. The van der Waals surface area contributed by atoms with Crippen molar-refractivity contribution in [3.05, 3.63) is 46.7 Å². The molecular formula is C12H12ClN3O. The van der Waals surface area contributed by atoms with Crippen LogP contribution in [0.25, 0.3) is 0 Å². The lowest BCUT2D eigenvalue weighted by Gasteiger charge is -2.10. The molecule has 88 valence electrons. The van der Waals surface area contributed by atoms with Gasteiger partial charge in [0.25, 0.3) is 0 Å². The third kappa shape index (κ3) is 2.14. The van der Waals surface area contributed by atoms with Crippen LogP contribution in [0.15, 0.2) is 30.6 Å². The maximum atomic E-state index is 5.99. The van der Waals surface area contributed by atoms with Gasteiger partial charge in [0.1, 0.15) is 12.4 Å².